The van der Waals surface area contributed by atoms with Crippen LogP contribution in [0.3, 0.4) is 0 Å². The number of carbonyl (C=O) groups excluding carboxylic acids is 1. The molecule has 0 aliphatic carbocycles. The summed E-state index contributed by atoms with van der Waals surface area (Å²) >= 11 is 3.51. The quantitative estimate of drug-likeness (QED) is 0.731. The van der Waals surface area contributed by atoms with Crippen molar-refractivity contribution in [1.82, 2.24) is 15.1 Å². The average Bonchev–Trinajstić information content (AvgIpc) is 2.84. The molecule has 1 amide bonds. The Bertz CT molecular complexity index is 728. The fraction of sp³-hybridized carbons (Fsp3) is 0.412. The highest BCUT2D eigenvalue weighted by Crippen LogP contribution is 2.30. The van der Waals surface area contributed by atoms with Gasteiger partial charge in [-0.05, 0) is 48.3 Å². The first kappa shape index (κ1) is 18.3. The smallest absolute Gasteiger partial charge is 0.255 e. The standard InChI is InChI=1S/C17H22BrN3O3/c1-11-15(18)12(2)21(20-11)10-6-9-19-17(22)13-7-5-8-14(23-3)16(13)24-4/h5,7-8H,6,9-10H2,1-4H3,(H,19,22). The van der Waals surface area contributed by atoms with Crippen LogP contribution in [0.2, 0.25) is 0 Å². The van der Waals surface area contributed by atoms with Gasteiger partial charge in [-0.2, -0.15) is 5.10 Å². The van der Waals surface area contributed by atoms with Crippen LogP contribution < -0.4 is 14.8 Å². The van der Waals surface area contributed by atoms with E-state index in [0.717, 1.165) is 28.8 Å². The highest BCUT2D eigenvalue weighted by atomic mass is 79.9. The number of nitrogens with one attached hydrogen (secondary N) is 1. The number of para-hydroxylation sites is 1. The summed E-state index contributed by atoms with van der Waals surface area (Å²) in [6, 6.07) is 5.24. The maximum absolute atomic E-state index is 12.4. The molecule has 1 aromatic heterocycles. The highest BCUT2D eigenvalue weighted by Gasteiger charge is 2.16. The molecule has 0 unspecified atom stereocenters. The third kappa shape index (κ3) is 3.90. The monoisotopic (exact) mass is 395 g/mol. The number of carbonyl (C=O) groups is 1. The molecule has 130 valence electrons. The summed E-state index contributed by atoms with van der Waals surface area (Å²) in [6.07, 6.45) is 0.784. The average molecular weight is 396 g/mol. The summed E-state index contributed by atoms with van der Waals surface area (Å²) in [6.45, 7) is 5.27. The van der Waals surface area contributed by atoms with Gasteiger partial charge in [-0.25, -0.2) is 0 Å². The lowest BCUT2D eigenvalue weighted by atomic mass is 10.1. The number of amides is 1. The Hall–Kier alpha value is -2.02. The van der Waals surface area contributed by atoms with E-state index >= 15 is 0 Å². The molecular weight excluding hydrogens is 374 g/mol. The Morgan fingerprint density at radius 2 is 2.04 bits per heavy atom. The molecule has 0 spiro atoms. The van der Waals surface area contributed by atoms with Crippen LogP contribution in [0, 0.1) is 13.8 Å². The summed E-state index contributed by atoms with van der Waals surface area (Å²) < 4.78 is 13.5. The highest BCUT2D eigenvalue weighted by molar-refractivity contribution is 9.10. The third-order valence-corrected chi connectivity index (χ3v) is 4.92. The van der Waals surface area contributed by atoms with Crippen molar-refractivity contribution in [2.75, 3.05) is 20.8 Å². The van der Waals surface area contributed by atoms with Crippen molar-refractivity contribution in [2.24, 2.45) is 0 Å². The van der Waals surface area contributed by atoms with Crippen molar-refractivity contribution in [3.8, 4) is 11.5 Å². The topological polar surface area (TPSA) is 65.4 Å². The molecule has 2 aromatic rings. The Kier molecular flexibility index (Phi) is 6.25. The summed E-state index contributed by atoms with van der Waals surface area (Å²) in [5.41, 5.74) is 2.52. The number of nitrogens with zero attached hydrogens (tertiary/aromatic N) is 2. The van der Waals surface area contributed by atoms with E-state index < -0.39 is 0 Å². The zero-order chi connectivity index (χ0) is 17.7. The Labute approximate surface area is 150 Å². The van der Waals surface area contributed by atoms with E-state index in [9.17, 15) is 4.79 Å². The van der Waals surface area contributed by atoms with Gasteiger partial charge in [-0.15, -0.1) is 0 Å². The molecule has 0 saturated carbocycles. The van der Waals surface area contributed by atoms with E-state index in [1.165, 1.54) is 7.11 Å². The number of aromatic nitrogens is 2. The first-order valence-corrected chi connectivity index (χ1v) is 8.47. The second-order valence-electron chi connectivity index (χ2n) is 5.36. The zero-order valence-electron chi connectivity index (χ0n) is 14.4. The number of hydrogen-bond acceptors (Lipinski definition) is 4. The van der Waals surface area contributed by atoms with Gasteiger partial charge in [0.05, 0.1) is 29.9 Å². The molecule has 2 rings (SSSR count). The number of methoxy groups -OCH3 is 2. The van der Waals surface area contributed by atoms with E-state index in [4.69, 9.17) is 9.47 Å². The summed E-state index contributed by atoms with van der Waals surface area (Å²) in [7, 11) is 3.07. The molecule has 1 heterocycles. The van der Waals surface area contributed by atoms with Gasteiger partial charge < -0.3 is 14.8 Å². The lowest BCUT2D eigenvalue weighted by Gasteiger charge is -2.12. The van der Waals surface area contributed by atoms with Gasteiger partial charge in [0, 0.05) is 18.8 Å². The minimum Gasteiger partial charge on any atom is -0.493 e. The number of aryl methyl sites for hydroxylation is 2. The SMILES string of the molecule is COc1cccc(C(=O)NCCCn2nc(C)c(Br)c2C)c1OC. The van der Waals surface area contributed by atoms with Crippen molar-refractivity contribution in [3.63, 3.8) is 0 Å². The molecule has 0 aliphatic heterocycles. The van der Waals surface area contributed by atoms with E-state index in [-0.39, 0.29) is 5.91 Å². The van der Waals surface area contributed by atoms with Crippen LogP contribution in [-0.2, 0) is 6.54 Å². The minimum atomic E-state index is -0.180. The van der Waals surface area contributed by atoms with Crippen LogP contribution in [0.1, 0.15) is 28.2 Å². The van der Waals surface area contributed by atoms with Crippen molar-refractivity contribution < 1.29 is 14.3 Å². The van der Waals surface area contributed by atoms with Crippen LogP contribution in [0.4, 0.5) is 0 Å². The van der Waals surface area contributed by atoms with Gasteiger partial charge in [0.25, 0.3) is 5.91 Å². The molecule has 0 aliphatic rings. The van der Waals surface area contributed by atoms with E-state index in [1.54, 1.807) is 25.3 Å². The van der Waals surface area contributed by atoms with Crippen LogP contribution in [0.5, 0.6) is 11.5 Å². The van der Waals surface area contributed by atoms with Gasteiger partial charge >= 0.3 is 0 Å². The maximum Gasteiger partial charge on any atom is 0.255 e. The minimum absolute atomic E-state index is 0.180. The first-order chi connectivity index (χ1) is 11.5. The van der Waals surface area contributed by atoms with E-state index in [1.807, 2.05) is 18.5 Å². The molecule has 0 atom stereocenters. The zero-order valence-corrected chi connectivity index (χ0v) is 15.9. The molecule has 1 aromatic carbocycles. The summed E-state index contributed by atoms with van der Waals surface area (Å²) in [5, 5.41) is 7.36. The fourth-order valence-corrected chi connectivity index (χ4v) is 2.77. The molecule has 7 heteroatoms. The first-order valence-electron chi connectivity index (χ1n) is 7.68. The molecular formula is C17H22BrN3O3. The summed E-state index contributed by atoms with van der Waals surface area (Å²) in [5.74, 6) is 0.804. The summed E-state index contributed by atoms with van der Waals surface area (Å²) in [4.78, 5) is 12.4. The predicted octanol–water partition coefficient (Wildman–Crippen LogP) is 3.10. The molecule has 0 saturated heterocycles. The number of halogens is 1. The van der Waals surface area contributed by atoms with Gasteiger partial charge in [-0.1, -0.05) is 6.07 Å². The third-order valence-electron chi connectivity index (χ3n) is 3.77. The largest absolute Gasteiger partial charge is 0.493 e. The van der Waals surface area contributed by atoms with E-state index in [0.29, 0.717) is 23.6 Å². The maximum atomic E-state index is 12.4. The fourth-order valence-electron chi connectivity index (χ4n) is 2.48. The van der Waals surface area contributed by atoms with Crippen LogP contribution >= 0.6 is 15.9 Å². The molecule has 1 N–H and O–H groups in total. The molecule has 6 nitrogen and oxygen atoms in total. The van der Waals surface area contributed by atoms with Gasteiger partial charge in [0.2, 0.25) is 0 Å². The number of benzene rings is 1. The number of hydrogen-bond donors (Lipinski definition) is 1. The second kappa shape index (κ2) is 8.19. The Morgan fingerprint density at radius 3 is 2.62 bits per heavy atom. The molecule has 0 radical (unpaired) electrons. The molecule has 0 bridgehead atoms. The molecule has 0 fully saturated rings. The van der Waals surface area contributed by atoms with Crippen LogP contribution in [0.25, 0.3) is 0 Å². The lowest BCUT2D eigenvalue weighted by Crippen LogP contribution is -2.26. The predicted molar refractivity (Wildman–Crippen MR) is 95.9 cm³/mol. The second-order valence-corrected chi connectivity index (χ2v) is 6.15. The number of rotatable bonds is 7. The van der Waals surface area contributed by atoms with Crippen molar-refractivity contribution in [3.05, 3.63) is 39.6 Å². The van der Waals surface area contributed by atoms with Crippen molar-refractivity contribution >= 4 is 21.8 Å². The van der Waals surface area contributed by atoms with Gasteiger partial charge in [-0.3, -0.25) is 9.48 Å². The van der Waals surface area contributed by atoms with Crippen molar-refractivity contribution in [2.45, 2.75) is 26.8 Å². The number of ether oxygens (including phenoxy) is 2. The molecule has 24 heavy (non-hydrogen) atoms. The van der Waals surface area contributed by atoms with E-state index in [2.05, 4.69) is 26.3 Å². The lowest BCUT2D eigenvalue weighted by molar-refractivity contribution is 0.0949. The Balaban J connectivity index is 1.93. The van der Waals surface area contributed by atoms with Crippen LogP contribution in [-0.4, -0.2) is 36.5 Å². The Morgan fingerprint density at radius 1 is 1.29 bits per heavy atom. The van der Waals surface area contributed by atoms with Gasteiger partial charge in [0.15, 0.2) is 11.5 Å². The van der Waals surface area contributed by atoms with Gasteiger partial charge in [0.1, 0.15) is 0 Å². The normalized spacial score (nSPS) is 10.5. The van der Waals surface area contributed by atoms with Crippen molar-refractivity contribution in [1.29, 1.82) is 0 Å². The van der Waals surface area contributed by atoms with Crippen LogP contribution in [0.15, 0.2) is 22.7 Å².